The molecule has 0 fully saturated rings. The Labute approximate surface area is 335 Å². The summed E-state index contributed by atoms with van der Waals surface area (Å²) in [5, 5.41) is 0. The largest absolute Gasteiger partial charge is 0.493 e. The summed E-state index contributed by atoms with van der Waals surface area (Å²) in [4.78, 5) is 0. The molecule has 0 bridgehead atoms. The first-order chi connectivity index (χ1) is 24.5. The number of benzene rings is 3. The zero-order valence-corrected chi connectivity index (χ0v) is 38.5. The molecular formula is C51H84O3. The van der Waals surface area contributed by atoms with E-state index in [1.54, 1.807) is 0 Å². The summed E-state index contributed by atoms with van der Waals surface area (Å²) in [7, 11) is 0. The quantitative estimate of drug-likeness (QED) is 0.173. The molecule has 0 aliphatic rings. The van der Waals surface area contributed by atoms with Crippen LogP contribution in [0.4, 0.5) is 0 Å². The normalized spacial score (nSPS) is 12.7. The summed E-state index contributed by atoms with van der Waals surface area (Å²) < 4.78 is 17.3. The second kappa shape index (κ2) is 21.6. The number of hydrogen-bond donors (Lipinski definition) is 0. The Bertz CT molecular complexity index is 1420. The predicted octanol–water partition coefficient (Wildman–Crippen LogP) is 14.5. The molecule has 0 saturated heterocycles. The number of rotatable bonds is 12. The van der Waals surface area contributed by atoms with E-state index >= 15 is 0 Å². The van der Waals surface area contributed by atoms with Gasteiger partial charge in [-0.05, 0) is 98.1 Å². The van der Waals surface area contributed by atoms with Crippen LogP contribution in [0.1, 0.15) is 159 Å². The fourth-order valence-corrected chi connectivity index (χ4v) is 5.29. The highest BCUT2D eigenvalue weighted by Gasteiger charge is 2.16. The lowest BCUT2D eigenvalue weighted by Crippen LogP contribution is -2.16. The molecule has 0 atom stereocenters. The topological polar surface area (TPSA) is 27.7 Å². The average molecular weight is 745 g/mol. The molecule has 0 N–H and O–H groups in total. The first kappa shape index (κ1) is 49.4. The second-order valence-corrected chi connectivity index (χ2v) is 22.5. The van der Waals surface area contributed by atoms with Crippen molar-refractivity contribution in [1.82, 2.24) is 0 Å². The third kappa shape index (κ3) is 27.0. The molecule has 0 unspecified atom stereocenters. The minimum absolute atomic E-state index is 0.210. The molecule has 0 aliphatic heterocycles. The van der Waals surface area contributed by atoms with E-state index in [2.05, 4.69) is 191 Å². The van der Waals surface area contributed by atoms with Crippen molar-refractivity contribution in [1.29, 1.82) is 0 Å². The molecule has 3 rings (SSSR count). The molecule has 0 heterocycles. The first-order valence-corrected chi connectivity index (χ1v) is 20.5. The van der Waals surface area contributed by atoms with Gasteiger partial charge in [0.1, 0.15) is 5.75 Å². The van der Waals surface area contributed by atoms with Gasteiger partial charge in [0.15, 0.2) is 0 Å². The van der Waals surface area contributed by atoms with Gasteiger partial charge in [-0.3, -0.25) is 0 Å². The molecule has 54 heavy (non-hydrogen) atoms. The van der Waals surface area contributed by atoms with Crippen molar-refractivity contribution in [3.8, 4) is 5.75 Å². The molecule has 0 saturated carbocycles. The monoisotopic (exact) mass is 745 g/mol. The Morgan fingerprint density at radius 3 is 1.46 bits per heavy atom. The summed E-state index contributed by atoms with van der Waals surface area (Å²) >= 11 is 0. The molecule has 0 amide bonds. The van der Waals surface area contributed by atoms with Gasteiger partial charge in [-0.2, -0.15) is 0 Å². The second-order valence-electron chi connectivity index (χ2n) is 22.5. The van der Waals surface area contributed by atoms with Crippen molar-refractivity contribution in [2.24, 2.45) is 27.1 Å². The highest BCUT2D eigenvalue weighted by Crippen LogP contribution is 2.26. The van der Waals surface area contributed by atoms with Crippen LogP contribution in [-0.4, -0.2) is 26.4 Å². The van der Waals surface area contributed by atoms with Crippen LogP contribution in [0.2, 0.25) is 0 Å². The van der Waals surface area contributed by atoms with Gasteiger partial charge in [0.2, 0.25) is 0 Å². The summed E-state index contributed by atoms with van der Waals surface area (Å²) in [6, 6.07) is 26.1. The van der Waals surface area contributed by atoms with Crippen molar-refractivity contribution < 1.29 is 14.2 Å². The average Bonchev–Trinajstić information content (AvgIpc) is 2.99. The van der Waals surface area contributed by atoms with Crippen molar-refractivity contribution in [2.75, 3.05) is 26.4 Å². The van der Waals surface area contributed by atoms with Crippen molar-refractivity contribution in [2.45, 2.75) is 162 Å². The summed E-state index contributed by atoms with van der Waals surface area (Å²) in [5.41, 5.74) is 8.48. The van der Waals surface area contributed by atoms with Crippen molar-refractivity contribution in [3.05, 3.63) is 101 Å². The van der Waals surface area contributed by atoms with Gasteiger partial charge in [0, 0.05) is 0 Å². The molecule has 3 aromatic rings. The first-order valence-electron chi connectivity index (χ1n) is 20.5. The van der Waals surface area contributed by atoms with E-state index in [4.69, 9.17) is 14.2 Å². The Balaban J connectivity index is 0.000000405. The molecule has 3 heteroatoms. The van der Waals surface area contributed by atoms with Gasteiger partial charge in [0.25, 0.3) is 0 Å². The fraction of sp³-hybridized carbons (Fsp3) is 0.647. The SMILES string of the molecule is CC(C)(C)CCc1cccc(OCC(C)(C)C)c1.CC(C)(C)COCCc1cccc(C(C)(C)C)c1.CC(C)(C)COCc1cccc(CC(C)(C)C)c1. The Morgan fingerprint density at radius 2 is 0.926 bits per heavy atom. The molecule has 3 nitrogen and oxygen atoms in total. The van der Waals surface area contributed by atoms with Gasteiger partial charge < -0.3 is 14.2 Å². The maximum absolute atomic E-state index is 5.84. The zero-order valence-electron chi connectivity index (χ0n) is 38.5. The van der Waals surface area contributed by atoms with E-state index in [0.717, 1.165) is 58.0 Å². The van der Waals surface area contributed by atoms with Crippen LogP contribution in [0.3, 0.4) is 0 Å². The summed E-state index contributed by atoms with van der Waals surface area (Å²) in [6.07, 6.45) is 4.44. The summed E-state index contributed by atoms with van der Waals surface area (Å²) in [5.74, 6) is 0.997. The lowest BCUT2D eigenvalue weighted by molar-refractivity contribution is 0.0598. The molecular weight excluding hydrogens is 661 g/mol. The smallest absolute Gasteiger partial charge is 0.119 e. The third-order valence-electron chi connectivity index (χ3n) is 8.13. The maximum Gasteiger partial charge on any atom is 0.119 e. The van der Waals surface area contributed by atoms with E-state index in [1.165, 1.54) is 34.2 Å². The molecule has 3 aromatic carbocycles. The van der Waals surface area contributed by atoms with Crippen LogP contribution in [0, 0.1) is 27.1 Å². The van der Waals surface area contributed by atoms with E-state index in [1.807, 2.05) is 6.07 Å². The van der Waals surface area contributed by atoms with E-state index < -0.39 is 0 Å². The maximum atomic E-state index is 5.84. The van der Waals surface area contributed by atoms with Crippen LogP contribution in [-0.2, 0) is 40.8 Å². The Kier molecular flexibility index (Phi) is 19.8. The minimum Gasteiger partial charge on any atom is -0.493 e. The molecule has 0 spiro atoms. The van der Waals surface area contributed by atoms with E-state index in [-0.39, 0.29) is 21.7 Å². The molecule has 0 aliphatic carbocycles. The lowest BCUT2D eigenvalue weighted by Gasteiger charge is -2.20. The van der Waals surface area contributed by atoms with E-state index in [0.29, 0.717) is 10.8 Å². The van der Waals surface area contributed by atoms with Crippen molar-refractivity contribution in [3.63, 3.8) is 0 Å². The van der Waals surface area contributed by atoms with Crippen LogP contribution in [0.5, 0.6) is 5.75 Å². The van der Waals surface area contributed by atoms with Crippen LogP contribution >= 0.6 is 0 Å². The standard InChI is InChI=1S/3C17H28O/c1-16(2,3)11-14-8-7-9-15(10-14)12-18-13-17(4,5)6;1-16(2,3)13-18-11-10-14-8-7-9-15(12-14)17(4,5)6;1-16(2,3)11-10-14-8-7-9-15(12-14)18-13-17(4,5)6/h7-10H,11-13H2,1-6H3;2*7-9,12H,10-11,13H2,1-6H3. The molecule has 0 aromatic heterocycles. The van der Waals surface area contributed by atoms with Gasteiger partial charge in [-0.1, -0.05) is 185 Å². The van der Waals surface area contributed by atoms with Gasteiger partial charge >= 0.3 is 0 Å². The fourth-order valence-electron chi connectivity index (χ4n) is 5.29. The van der Waals surface area contributed by atoms with E-state index in [9.17, 15) is 0 Å². The van der Waals surface area contributed by atoms with Gasteiger partial charge in [-0.25, -0.2) is 0 Å². The third-order valence-corrected chi connectivity index (χ3v) is 8.13. The van der Waals surface area contributed by atoms with Crippen LogP contribution < -0.4 is 4.74 Å². The number of aryl methyl sites for hydroxylation is 1. The molecule has 0 radical (unpaired) electrons. The molecule has 306 valence electrons. The van der Waals surface area contributed by atoms with Crippen molar-refractivity contribution >= 4 is 0 Å². The lowest BCUT2D eigenvalue weighted by atomic mass is 9.86. The number of hydrogen-bond acceptors (Lipinski definition) is 3. The van der Waals surface area contributed by atoms with Crippen LogP contribution in [0.15, 0.2) is 72.8 Å². The highest BCUT2D eigenvalue weighted by molar-refractivity contribution is 5.29. The van der Waals surface area contributed by atoms with Gasteiger partial charge in [0.05, 0.1) is 33.0 Å². The van der Waals surface area contributed by atoms with Crippen LogP contribution in [0.25, 0.3) is 0 Å². The zero-order chi connectivity index (χ0) is 41.4. The minimum atomic E-state index is 0.210. The Hall–Kier alpha value is -2.62. The number of ether oxygens (including phenoxy) is 3. The highest BCUT2D eigenvalue weighted by atomic mass is 16.5. The summed E-state index contributed by atoms with van der Waals surface area (Å²) in [6.45, 7) is 44.1. The Morgan fingerprint density at radius 1 is 0.426 bits per heavy atom. The predicted molar refractivity (Wildman–Crippen MR) is 237 cm³/mol. The van der Waals surface area contributed by atoms with Gasteiger partial charge in [-0.15, -0.1) is 0 Å².